The topological polar surface area (TPSA) is 82.1 Å². The van der Waals surface area contributed by atoms with Gasteiger partial charge in [0.1, 0.15) is 16.8 Å². The summed E-state index contributed by atoms with van der Waals surface area (Å²) in [6, 6.07) is 0. The Balaban J connectivity index is 2.07. The molecule has 0 aromatic carbocycles. The minimum Gasteiger partial charge on any atom is -0.460 e. The first-order valence-electron chi connectivity index (χ1n) is 10.6. The molecule has 0 aromatic rings. The summed E-state index contributed by atoms with van der Waals surface area (Å²) in [6.07, 6.45) is 2.66. The molecule has 0 radical (unpaired) electrons. The molecule has 0 saturated carbocycles. The van der Waals surface area contributed by atoms with Crippen LogP contribution in [0, 0.1) is 5.41 Å². The molecule has 29 heavy (non-hydrogen) atoms. The Morgan fingerprint density at radius 3 is 2.07 bits per heavy atom. The number of hydrogen-bond acceptors (Lipinski definition) is 6. The fraction of sp³-hybridized carbons (Fsp3) is 0.864. The van der Waals surface area contributed by atoms with Gasteiger partial charge in [-0.2, -0.15) is 0 Å². The Kier molecular flexibility index (Phi) is 6.60. The zero-order valence-electron chi connectivity index (χ0n) is 19.1. The molecular formula is C22H37NO6. The van der Waals surface area contributed by atoms with Gasteiger partial charge in [-0.25, -0.2) is 4.79 Å². The van der Waals surface area contributed by atoms with E-state index in [0.29, 0.717) is 38.8 Å². The van der Waals surface area contributed by atoms with Gasteiger partial charge in [-0.15, -0.1) is 0 Å². The SMILES string of the molecule is CCCC1(CC(=O)OC(C)(C)C)CC2(CCN(C(=O)OC(C)(C)C)CC2)OC1=O. The van der Waals surface area contributed by atoms with Crippen molar-refractivity contribution >= 4 is 18.0 Å². The molecule has 2 aliphatic heterocycles. The van der Waals surface area contributed by atoms with Crippen LogP contribution in [0.15, 0.2) is 0 Å². The van der Waals surface area contributed by atoms with Gasteiger partial charge in [0.25, 0.3) is 0 Å². The molecule has 1 amide bonds. The fourth-order valence-electron chi connectivity index (χ4n) is 4.28. The Bertz CT molecular complexity index is 637. The molecule has 0 aliphatic carbocycles. The van der Waals surface area contributed by atoms with Gasteiger partial charge in [0.2, 0.25) is 0 Å². The summed E-state index contributed by atoms with van der Waals surface area (Å²) < 4.78 is 16.8. The molecular weight excluding hydrogens is 374 g/mol. The Morgan fingerprint density at radius 1 is 1.03 bits per heavy atom. The van der Waals surface area contributed by atoms with Gasteiger partial charge >= 0.3 is 18.0 Å². The quantitative estimate of drug-likeness (QED) is 0.509. The van der Waals surface area contributed by atoms with E-state index in [1.54, 1.807) is 4.90 Å². The van der Waals surface area contributed by atoms with Crippen molar-refractivity contribution < 1.29 is 28.6 Å². The van der Waals surface area contributed by atoms with E-state index in [1.165, 1.54) is 0 Å². The van der Waals surface area contributed by atoms with Crippen LogP contribution in [-0.2, 0) is 23.8 Å². The van der Waals surface area contributed by atoms with Crippen molar-refractivity contribution in [2.45, 2.75) is 104 Å². The number of carbonyl (C=O) groups excluding carboxylic acids is 3. The monoisotopic (exact) mass is 411 g/mol. The highest BCUT2D eigenvalue weighted by atomic mass is 16.6. The second-order valence-electron chi connectivity index (χ2n) is 10.5. The number of esters is 2. The molecule has 1 spiro atoms. The smallest absolute Gasteiger partial charge is 0.410 e. The maximum Gasteiger partial charge on any atom is 0.410 e. The van der Waals surface area contributed by atoms with Crippen molar-refractivity contribution in [3.05, 3.63) is 0 Å². The second kappa shape index (κ2) is 8.15. The molecule has 2 aliphatic rings. The lowest BCUT2D eigenvalue weighted by molar-refractivity contribution is -0.165. The van der Waals surface area contributed by atoms with Gasteiger partial charge in [-0.1, -0.05) is 13.3 Å². The summed E-state index contributed by atoms with van der Waals surface area (Å²) in [7, 11) is 0. The van der Waals surface area contributed by atoms with E-state index in [4.69, 9.17) is 14.2 Å². The first-order valence-corrected chi connectivity index (χ1v) is 10.6. The number of piperidine rings is 1. The number of amides is 1. The number of ether oxygens (including phenoxy) is 3. The van der Waals surface area contributed by atoms with E-state index < -0.39 is 22.2 Å². The molecule has 2 saturated heterocycles. The molecule has 0 bridgehead atoms. The van der Waals surface area contributed by atoms with Crippen molar-refractivity contribution in [1.29, 1.82) is 0 Å². The summed E-state index contributed by atoms with van der Waals surface area (Å²) in [4.78, 5) is 39.4. The maximum absolute atomic E-state index is 12.9. The lowest BCUT2D eigenvalue weighted by atomic mass is 9.72. The third-order valence-electron chi connectivity index (χ3n) is 5.36. The first-order chi connectivity index (χ1) is 13.2. The number of nitrogens with zero attached hydrogens (tertiary/aromatic N) is 1. The van der Waals surface area contributed by atoms with E-state index in [9.17, 15) is 14.4 Å². The molecule has 0 aromatic heterocycles. The van der Waals surface area contributed by atoms with Crippen LogP contribution in [0.4, 0.5) is 4.79 Å². The van der Waals surface area contributed by atoms with Crippen LogP contribution in [0.5, 0.6) is 0 Å². The Hall–Kier alpha value is -1.79. The Labute approximate surface area is 174 Å². The summed E-state index contributed by atoms with van der Waals surface area (Å²) in [5.41, 5.74) is -2.60. The fourth-order valence-corrected chi connectivity index (χ4v) is 4.28. The average molecular weight is 412 g/mol. The van der Waals surface area contributed by atoms with Crippen LogP contribution in [0.1, 0.15) is 87.0 Å². The van der Waals surface area contributed by atoms with Crippen molar-refractivity contribution in [3.8, 4) is 0 Å². The minimum atomic E-state index is -0.842. The number of likely N-dealkylation sites (tertiary alicyclic amines) is 1. The molecule has 1 atom stereocenters. The summed E-state index contributed by atoms with van der Waals surface area (Å²) >= 11 is 0. The van der Waals surface area contributed by atoms with Gasteiger partial charge in [-0.3, -0.25) is 9.59 Å². The summed E-state index contributed by atoms with van der Waals surface area (Å²) in [6.45, 7) is 13.9. The highest BCUT2D eigenvalue weighted by Gasteiger charge is 2.58. The molecule has 7 heteroatoms. The van der Waals surface area contributed by atoms with Crippen LogP contribution >= 0.6 is 0 Å². The number of carbonyl (C=O) groups is 3. The van der Waals surface area contributed by atoms with Gasteiger partial charge in [0.05, 0.1) is 11.8 Å². The van der Waals surface area contributed by atoms with Crippen molar-refractivity contribution in [2.75, 3.05) is 13.1 Å². The van der Waals surface area contributed by atoms with Gasteiger partial charge in [-0.05, 0) is 48.0 Å². The highest BCUT2D eigenvalue weighted by Crippen LogP contribution is 2.50. The first kappa shape index (κ1) is 23.5. The van der Waals surface area contributed by atoms with Crippen LogP contribution in [0.3, 0.4) is 0 Å². The van der Waals surface area contributed by atoms with E-state index in [0.717, 1.165) is 6.42 Å². The molecule has 1 unspecified atom stereocenters. The molecule has 2 fully saturated rings. The zero-order valence-corrected chi connectivity index (χ0v) is 19.1. The van der Waals surface area contributed by atoms with E-state index in [1.807, 2.05) is 48.5 Å². The Morgan fingerprint density at radius 2 is 1.59 bits per heavy atom. The normalized spacial score (nSPS) is 24.4. The number of rotatable bonds is 4. The average Bonchev–Trinajstić information content (AvgIpc) is 2.76. The third-order valence-corrected chi connectivity index (χ3v) is 5.36. The zero-order chi connectivity index (χ0) is 22.1. The summed E-state index contributed by atoms with van der Waals surface area (Å²) in [5, 5.41) is 0. The maximum atomic E-state index is 12.9. The molecule has 2 rings (SSSR count). The minimum absolute atomic E-state index is 0.0362. The largest absolute Gasteiger partial charge is 0.460 e. The van der Waals surface area contributed by atoms with Crippen molar-refractivity contribution in [3.63, 3.8) is 0 Å². The standard InChI is InChI=1S/C22H37NO6/c1-8-9-21(14-16(24)27-19(2,3)4)15-22(28-17(21)25)10-12-23(13-11-22)18(26)29-20(5,6)7/h8-15H2,1-7H3. The molecule has 166 valence electrons. The number of hydrogen-bond donors (Lipinski definition) is 0. The van der Waals surface area contributed by atoms with Gasteiger partial charge < -0.3 is 19.1 Å². The van der Waals surface area contributed by atoms with Crippen LogP contribution in [0.2, 0.25) is 0 Å². The summed E-state index contributed by atoms with van der Waals surface area (Å²) in [5.74, 6) is -0.679. The van der Waals surface area contributed by atoms with E-state index in [-0.39, 0.29) is 24.5 Å². The highest BCUT2D eigenvalue weighted by molar-refractivity contribution is 5.85. The lowest BCUT2D eigenvalue weighted by Gasteiger charge is -2.39. The van der Waals surface area contributed by atoms with Crippen molar-refractivity contribution in [1.82, 2.24) is 4.90 Å². The van der Waals surface area contributed by atoms with Crippen LogP contribution < -0.4 is 0 Å². The molecule has 2 heterocycles. The predicted molar refractivity (Wildman–Crippen MR) is 108 cm³/mol. The second-order valence-corrected chi connectivity index (χ2v) is 10.5. The lowest BCUT2D eigenvalue weighted by Crippen LogP contribution is -2.48. The van der Waals surface area contributed by atoms with Crippen LogP contribution in [-0.4, -0.2) is 52.8 Å². The van der Waals surface area contributed by atoms with Crippen molar-refractivity contribution in [2.24, 2.45) is 5.41 Å². The van der Waals surface area contributed by atoms with Crippen LogP contribution in [0.25, 0.3) is 0 Å². The van der Waals surface area contributed by atoms with Gasteiger partial charge in [0.15, 0.2) is 0 Å². The third kappa shape index (κ3) is 6.09. The molecule has 7 nitrogen and oxygen atoms in total. The molecule has 0 N–H and O–H groups in total. The van der Waals surface area contributed by atoms with E-state index >= 15 is 0 Å². The van der Waals surface area contributed by atoms with E-state index in [2.05, 4.69) is 0 Å². The predicted octanol–water partition coefficient (Wildman–Crippen LogP) is 4.22. The van der Waals surface area contributed by atoms with Gasteiger partial charge in [0, 0.05) is 32.4 Å².